The molecule has 0 atom stereocenters. The summed E-state index contributed by atoms with van der Waals surface area (Å²) in [5.74, 6) is -0.0244. The van der Waals surface area contributed by atoms with Gasteiger partial charge in [0.15, 0.2) is 0 Å². The third-order valence-corrected chi connectivity index (χ3v) is 2.32. The first kappa shape index (κ1) is 11.3. The van der Waals surface area contributed by atoms with E-state index in [0.717, 1.165) is 11.4 Å². The summed E-state index contributed by atoms with van der Waals surface area (Å²) in [5.41, 5.74) is 1.65. The molecular weight excluding hydrogens is 216 g/mol. The number of nitrogens with zero attached hydrogens (tertiary/aromatic N) is 3. The minimum absolute atomic E-state index is 0.0244. The van der Waals surface area contributed by atoms with Gasteiger partial charge < -0.3 is 5.32 Å². The van der Waals surface area contributed by atoms with E-state index in [-0.39, 0.29) is 5.91 Å². The van der Waals surface area contributed by atoms with Crippen LogP contribution >= 0.6 is 0 Å². The van der Waals surface area contributed by atoms with Gasteiger partial charge in [-0.2, -0.15) is 5.10 Å². The molecule has 1 amide bonds. The highest BCUT2D eigenvalue weighted by atomic mass is 16.1. The number of pyridine rings is 1. The Kier molecular flexibility index (Phi) is 3.49. The second kappa shape index (κ2) is 5.25. The summed E-state index contributed by atoms with van der Waals surface area (Å²) < 4.78 is 1.65. The Morgan fingerprint density at radius 1 is 1.47 bits per heavy atom. The van der Waals surface area contributed by atoms with Crippen LogP contribution in [0.4, 0.5) is 5.69 Å². The molecule has 0 spiro atoms. The van der Waals surface area contributed by atoms with E-state index in [2.05, 4.69) is 15.4 Å². The number of hydrogen-bond acceptors (Lipinski definition) is 3. The molecule has 0 saturated heterocycles. The van der Waals surface area contributed by atoms with E-state index in [0.29, 0.717) is 12.8 Å². The van der Waals surface area contributed by atoms with Gasteiger partial charge in [0.05, 0.1) is 11.9 Å². The van der Waals surface area contributed by atoms with Crippen LogP contribution in [-0.2, 0) is 18.3 Å². The molecule has 17 heavy (non-hydrogen) atoms. The summed E-state index contributed by atoms with van der Waals surface area (Å²) in [7, 11) is 1.81. The minimum atomic E-state index is -0.0244. The molecule has 1 N–H and O–H groups in total. The number of anilines is 1. The molecule has 88 valence electrons. The lowest BCUT2D eigenvalue weighted by atomic mass is 10.2. The van der Waals surface area contributed by atoms with Crippen molar-refractivity contribution in [1.82, 2.24) is 14.8 Å². The zero-order valence-electron chi connectivity index (χ0n) is 9.63. The van der Waals surface area contributed by atoms with E-state index in [1.165, 1.54) is 0 Å². The molecule has 0 aliphatic rings. The fraction of sp³-hybridized carbons (Fsp3) is 0.250. The topological polar surface area (TPSA) is 59.8 Å². The predicted molar refractivity (Wildman–Crippen MR) is 64.4 cm³/mol. The van der Waals surface area contributed by atoms with Crippen molar-refractivity contribution < 1.29 is 4.79 Å². The molecule has 0 aliphatic heterocycles. The third-order valence-electron chi connectivity index (χ3n) is 2.32. The summed E-state index contributed by atoms with van der Waals surface area (Å²) in [4.78, 5) is 15.8. The van der Waals surface area contributed by atoms with Crippen LogP contribution in [0.15, 0.2) is 36.8 Å². The van der Waals surface area contributed by atoms with Crippen LogP contribution in [0.1, 0.15) is 12.1 Å². The fourth-order valence-corrected chi connectivity index (χ4v) is 1.50. The molecule has 0 fully saturated rings. The summed E-state index contributed by atoms with van der Waals surface area (Å²) >= 11 is 0. The van der Waals surface area contributed by atoms with E-state index < -0.39 is 0 Å². The summed E-state index contributed by atoms with van der Waals surface area (Å²) in [6.07, 6.45) is 6.19. The van der Waals surface area contributed by atoms with Gasteiger partial charge in [-0.1, -0.05) is 6.07 Å². The number of hydrogen-bond donors (Lipinski definition) is 1. The second-order valence-electron chi connectivity index (χ2n) is 3.77. The van der Waals surface area contributed by atoms with Crippen molar-refractivity contribution >= 4 is 11.6 Å². The quantitative estimate of drug-likeness (QED) is 0.863. The van der Waals surface area contributed by atoms with E-state index in [4.69, 9.17) is 0 Å². The lowest BCUT2D eigenvalue weighted by molar-refractivity contribution is -0.116. The van der Waals surface area contributed by atoms with Gasteiger partial charge >= 0.3 is 0 Å². The van der Waals surface area contributed by atoms with Crippen LogP contribution in [0.2, 0.25) is 0 Å². The van der Waals surface area contributed by atoms with Gasteiger partial charge in [0.2, 0.25) is 5.91 Å². The molecule has 5 nitrogen and oxygen atoms in total. The molecule has 2 aromatic rings. The number of aromatic nitrogens is 3. The van der Waals surface area contributed by atoms with Crippen molar-refractivity contribution in [3.05, 3.63) is 42.5 Å². The smallest absolute Gasteiger partial charge is 0.224 e. The summed E-state index contributed by atoms with van der Waals surface area (Å²) in [5, 5.41) is 6.76. The Labute approximate surface area is 99.5 Å². The van der Waals surface area contributed by atoms with Gasteiger partial charge in [-0.05, 0) is 18.6 Å². The Morgan fingerprint density at radius 2 is 2.35 bits per heavy atom. The molecule has 0 aliphatic carbocycles. The molecule has 2 aromatic heterocycles. The SMILES string of the molecule is Cn1cc(NC(=O)CCc2ccccn2)cn1. The van der Waals surface area contributed by atoms with Crippen molar-refractivity contribution in [2.75, 3.05) is 5.32 Å². The van der Waals surface area contributed by atoms with Gasteiger partial charge in [-0.15, -0.1) is 0 Å². The summed E-state index contributed by atoms with van der Waals surface area (Å²) in [6, 6.07) is 5.69. The molecular formula is C12H14N4O. The lowest BCUT2D eigenvalue weighted by Crippen LogP contribution is -2.12. The molecule has 2 rings (SSSR count). The molecule has 0 bridgehead atoms. The highest BCUT2D eigenvalue weighted by molar-refractivity contribution is 5.90. The average molecular weight is 230 g/mol. The summed E-state index contributed by atoms with van der Waals surface area (Å²) in [6.45, 7) is 0. The Bertz CT molecular complexity index is 492. The molecule has 0 radical (unpaired) electrons. The van der Waals surface area contributed by atoms with Crippen molar-refractivity contribution in [2.24, 2.45) is 7.05 Å². The molecule has 0 unspecified atom stereocenters. The fourth-order valence-electron chi connectivity index (χ4n) is 1.50. The normalized spacial score (nSPS) is 10.2. The van der Waals surface area contributed by atoms with Gasteiger partial charge in [0.25, 0.3) is 0 Å². The Hall–Kier alpha value is -2.17. The predicted octanol–water partition coefficient (Wildman–Crippen LogP) is 1.39. The molecule has 0 saturated carbocycles. The van der Waals surface area contributed by atoms with E-state index >= 15 is 0 Å². The lowest BCUT2D eigenvalue weighted by Gasteiger charge is -2.01. The van der Waals surface area contributed by atoms with Crippen LogP contribution in [0, 0.1) is 0 Å². The first-order valence-electron chi connectivity index (χ1n) is 5.42. The van der Waals surface area contributed by atoms with Crippen LogP contribution in [0.25, 0.3) is 0 Å². The first-order valence-corrected chi connectivity index (χ1v) is 5.42. The third kappa shape index (κ3) is 3.41. The van der Waals surface area contributed by atoms with E-state index in [1.54, 1.807) is 23.3 Å². The highest BCUT2D eigenvalue weighted by Gasteiger charge is 2.04. The highest BCUT2D eigenvalue weighted by Crippen LogP contribution is 2.05. The first-order chi connectivity index (χ1) is 8.24. The number of amides is 1. The molecule has 0 aromatic carbocycles. The van der Waals surface area contributed by atoms with E-state index in [9.17, 15) is 4.79 Å². The molecule has 5 heteroatoms. The van der Waals surface area contributed by atoms with Gasteiger partial charge in [0, 0.05) is 31.6 Å². The number of carbonyl (C=O) groups excluding carboxylic acids is 1. The zero-order chi connectivity index (χ0) is 12.1. The monoisotopic (exact) mass is 230 g/mol. The molecule has 2 heterocycles. The van der Waals surface area contributed by atoms with Crippen molar-refractivity contribution in [3.8, 4) is 0 Å². The number of carbonyl (C=O) groups is 1. The van der Waals surface area contributed by atoms with Crippen LogP contribution in [0.5, 0.6) is 0 Å². The largest absolute Gasteiger partial charge is 0.323 e. The van der Waals surface area contributed by atoms with Crippen LogP contribution < -0.4 is 5.32 Å². The van der Waals surface area contributed by atoms with Gasteiger partial charge in [-0.25, -0.2) is 0 Å². The Morgan fingerprint density at radius 3 is 3.00 bits per heavy atom. The second-order valence-corrected chi connectivity index (χ2v) is 3.77. The number of aryl methyl sites for hydroxylation is 2. The maximum absolute atomic E-state index is 11.6. The van der Waals surface area contributed by atoms with Crippen molar-refractivity contribution in [3.63, 3.8) is 0 Å². The number of nitrogens with one attached hydrogen (secondary N) is 1. The maximum atomic E-state index is 11.6. The van der Waals surface area contributed by atoms with Crippen LogP contribution in [-0.4, -0.2) is 20.7 Å². The number of rotatable bonds is 4. The average Bonchev–Trinajstić information content (AvgIpc) is 2.73. The van der Waals surface area contributed by atoms with Crippen molar-refractivity contribution in [1.29, 1.82) is 0 Å². The minimum Gasteiger partial charge on any atom is -0.323 e. The Balaban J connectivity index is 1.82. The standard InChI is InChI=1S/C12H14N4O/c1-16-9-11(8-14-16)15-12(17)6-5-10-4-2-3-7-13-10/h2-4,7-9H,5-6H2,1H3,(H,15,17). The van der Waals surface area contributed by atoms with E-state index in [1.807, 2.05) is 25.2 Å². The maximum Gasteiger partial charge on any atom is 0.224 e. The van der Waals surface area contributed by atoms with Crippen molar-refractivity contribution in [2.45, 2.75) is 12.8 Å². The van der Waals surface area contributed by atoms with Crippen LogP contribution in [0.3, 0.4) is 0 Å². The van der Waals surface area contributed by atoms with Gasteiger partial charge in [-0.3, -0.25) is 14.5 Å². The van der Waals surface area contributed by atoms with Gasteiger partial charge in [0.1, 0.15) is 0 Å². The zero-order valence-corrected chi connectivity index (χ0v) is 9.63.